The van der Waals surface area contributed by atoms with Gasteiger partial charge in [-0.3, -0.25) is 0 Å². The van der Waals surface area contributed by atoms with Crippen LogP contribution in [-0.4, -0.2) is 10.2 Å². The Morgan fingerprint density at radius 1 is 0.909 bits per heavy atom. The zero-order valence-electron chi connectivity index (χ0n) is 14.0. The van der Waals surface area contributed by atoms with Crippen LogP contribution in [0.5, 0.6) is 11.5 Å². The Morgan fingerprint density at radius 2 is 1.41 bits per heavy atom. The topological polar surface area (TPSA) is 40.5 Å². The van der Waals surface area contributed by atoms with E-state index in [2.05, 4.69) is 26.8 Å². The largest absolute Gasteiger partial charge is 0.504 e. The number of hydrogen-bond donors (Lipinski definition) is 2. The molecule has 4 fully saturated rings. The lowest BCUT2D eigenvalue weighted by molar-refractivity contribution is -0.00632. The Balaban J connectivity index is 1.84. The van der Waals surface area contributed by atoms with Crippen LogP contribution in [0.15, 0.2) is 12.1 Å². The highest BCUT2D eigenvalue weighted by Crippen LogP contribution is 2.62. The van der Waals surface area contributed by atoms with Gasteiger partial charge in [0.15, 0.2) is 11.5 Å². The Labute approximate surface area is 133 Å². The fourth-order valence-corrected chi connectivity index (χ4v) is 5.90. The smallest absolute Gasteiger partial charge is 0.161 e. The van der Waals surface area contributed by atoms with Crippen molar-refractivity contribution in [1.82, 2.24) is 0 Å². The van der Waals surface area contributed by atoms with Crippen LogP contribution in [-0.2, 0) is 10.8 Å². The number of rotatable bonds is 1. The van der Waals surface area contributed by atoms with Crippen molar-refractivity contribution in [3.8, 4) is 11.5 Å². The molecule has 0 spiro atoms. The second-order valence-electron chi connectivity index (χ2n) is 9.34. The zero-order valence-corrected chi connectivity index (χ0v) is 14.0. The van der Waals surface area contributed by atoms with Gasteiger partial charge < -0.3 is 10.2 Å². The minimum absolute atomic E-state index is 0.0117. The zero-order chi connectivity index (χ0) is 15.7. The molecule has 22 heavy (non-hydrogen) atoms. The molecular weight excluding hydrogens is 272 g/mol. The van der Waals surface area contributed by atoms with E-state index in [4.69, 9.17) is 0 Å². The molecular formula is C20H28O2. The summed E-state index contributed by atoms with van der Waals surface area (Å²) in [5, 5.41) is 20.9. The highest BCUT2D eigenvalue weighted by atomic mass is 16.3. The molecule has 5 rings (SSSR count). The van der Waals surface area contributed by atoms with Crippen LogP contribution in [0.2, 0.25) is 0 Å². The molecule has 4 bridgehead atoms. The molecule has 0 aliphatic heterocycles. The summed E-state index contributed by atoms with van der Waals surface area (Å²) in [4.78, 5) is 0. The monoisotopic (exact) mass is 300 g/mol. The summed E-state index contributed by atoms with van der Waals surface area (Å²) < 4.78 is 0. The first kappa shape index (κ1) is 14.4. The van der Waals surface area contributed by atoms with Crippen LogP contribution in [0.4, 0.5) is 0 Å². The van der Waals surface area contributed by atoms with Gasteiger partial charge >= 0.3 is 0 Å². The van der Waals surface area contributed by atoms with Crippen molar-refractivity contribution in [2.45, 2.75) is 70.1 Å². The van der Waals surface area contributed by atoms with E-state index in [1.54, 1.807) is 6.07 Å². The maximum Gasteiger partial charge on any atom is 0.161 e. The maximum absolute atomic E-state index is 10.6. The Bertz CT molecular complexity index is 574. The SMILES string of the molecule is CC(C)(C)c1cc(O)c(O)c(C23CC4CC(CC(C4)C2)C3)c1. The van der Waals surface area contributed by atoms with Crippen LogP contribution in [0.25, 0.3) is 0 Å². The molecule has 4 aliphatic rings. The summed E-state index contributed by atoms with van der Waals surface area (Å²) in [6, 6.07) is 3.95. The van der Waals surface area contributed by atoms with Crippen molar-refractivity contribution in [2.75, 3.05) is 0 Å². The van der Waals surface area contributed by atoms with Crippen molar-refractivity contribution in [3.63, 3.8) is 0 Å². The van der Waals surface area contributed by atoms with Crippen molar-refractivity contribution >= 4 is 0 Å². The van der Waals surface area contributed by atoms with Gasteiger partial charge in [-0.25, -0.2) is 0 Å². The van der Waals surface area contributed by atoms with E-state index < -0.39 is 0 Å². The van der Waals surface area contributed by atoms with Crippen LogP contribution in [0.1, 0.15) is 70.4 Å². The standard InChI is InChI=1S/C20H28O2/c1-19(2,3)15-7-16(18(22)17(21)8-15)20-9-12-4-13(10-20)6-14(5-12)11-20/h7-8,12-14,21-22H,4-6,9-11H2,1-3H3. The van der Waals surface area contributed by atoms with Crippen LogP contribution in [0.3, 0.4) is 0 Å². The summed E-state index contributed by atoms with van der Waals surface area (Å²) in [6.45, 7) is 6.51. The average Bonchev–Trinajstić information content (AvgIpc) is 2.38. The van der Waals surface area contributed by atoms with Crippen LogP contribution in [0, 0.1) is 17.8 Å². The molecule has 0 radical (unpaired) electrons. The number of phenols is 2. The van der Waals surface area contributed by atoms with Gasteiger partial charge in [-0.1, -0.05) is 26.8 Å². The lowest BCUT2D eigenvalue weighted by atomic mass is 9.48. The van der Waals surface area contributed by atoms with Crippen LogP contribution >= 0.6 is 0 Å². The number of aromatic hydroxyl groups is 2. The predicted molar refractivity (Wildman–Crippen MR) is 88.3 cm³/mol. The molecule has 0 atom stereocenters. The second kappa shape index (κ2) is 4.43. The molecule has 2 nitrogen and oxygen atoms in total. The molecule has 4 aliphatic carbocycles. The summed E-state index contributed by atoms with van der Waals surface area (Å²) >= 11 is 0. The third-order valence-corrected chi connectivity index (χ3v) is 6.57. The van der Waals surface area contributed by atoms with Crippen molar-refractivity contribution < 1.29 is 10.2 Å². The molecule has 0 amide bonds. The molecule has 0 saturated heterocycles. The Hall–Kier alpha value is -1.18. The Kier molecular flexibility index (Phi) is 2.90. The average molecular weight is 300 g/mol. The van der Waals surface area contributed by atoms with Gasteiger partial charge in [0, 0.05) is 5.56 Å². The predicted octanol–water partition coefficient (Wildman–Crippen LogP) is 4.86. The lowest BCUT2D eigenvalue weighted by Crippen LogP contribution is -2.48. The van der Waals surface area contributed by atoms with Gasteiger partial charge in [-0.15, -0.1) is 0 Å². The van der Waals surface area contributed by atoms with Crippen molar-refractivity contribution in [1.29, 1.82) is 0 Å². The van der Waals surface area contributed by atoms with Gasteiger partial charge in [-0.2, -0.15) is 0 Å². The third kappa shape index (κ3) is 2.06. The first-order chi connectivity index (χ1) is 10.3. The van der Waals surface area contributed by atoms with E-state index in [9.17, 15) is 10.2 Å². The number of hydrogen-bond acceptors (Lipinski definition) is 2. The third-order valence-electron chi connectivity index (χ3n) is 6.57. The van der Waals surface area contributed by atoms with E-state index in [-0.39, 0.29) is 22.3 Å². The minimum atomic E-state index is -0.0117. The quantitative estimate of drug-likeness (QED) is 0.727. The highest BCUT2D eigenvalue weighted by Gasteiger charge is 2.52. The summed E-state index contributed by atoms with van der Waals surface area (Å²) in [5.41, 5.74) is 2.28. The molecule has 1 aromatic rings. The Morgan fingerprint density at radius 3 is 1.86 bits per heavy atom. The normalized spacial score (nSPS) is 36.8. The summed E-state index contributed by atoms with van der Waals surface area (Å²) in [6.07, 6.45) is 7.81. The molecule has 120 valence electrons. The first-order valence-corrected chi connectivity index (χ1v) is 8.84. The van der Waals surface area contributed by atoms with Gasteiger partial charge in [0.25, 0.3) is 0 Å². The summed E-state index contributed by atoms with van der Waals surface area (Å²) in [5.74, 6) is 2.73. The van der Waals surface area contributed by atoms with E-state index in [0.717, 1.165) is 28.9 Å². The fourth-order valence-electron chi connectivity index (χ4n) is 5.90. The maximum atomic E-state index is 10.6. The van der Waals surface area contributed by atoms with Crippen LogP contribution < -0.4 is 0 Å². The molecule has 2 N–H and O–H groups in total. The first-order valence-electron chi connectivity index (χ1n) is 8.84. The number of phenolic OH excluding ortho intramolecular Hbond substituents is 2. The molecule has 4 saturated carbocycles. The highest BCUT2D eigenvalue weighted by molar-refractivity contribution is 5.53. The van der Waals surface area contributed by atoms with E-state index in [1.165, 1.54) is 38.5 Å². The number of benzene rings is 1. The van der Waals surface area contributed by atoms with E-state index >= 15 is 0 Å². The second-order valence-corrected chi connectivity index (χ2v) is 9.34. The molecule has 2 heteroatoms. The minimum Gasteiger partial charge on any atom is -0.504 e. The van der Waals surface area contributed by atoms with Gasteiger partial charge in [0.2, 0.25) is 0 Å². The molecule has 0 heterocycles. The van der Waals surface area contributed by atoms with Crippen molar-refractivity contribution in [2.24, 2.45) is 17.8 Å². The van der Waals surface area contributed by atoms with E-state index in [1.807, 2.05) is 0 Å². The van der Waals surface area contributed by atoms with Crippen molar-refractivity contribution in [3.05, 3.63) is 23.3 Å². The van der Waals surface area contributed by atoms with Gasteiger partial charge in [0.05, 0.1) is 0 Å². The molecule has 1 aromatic carbocycles. The molecule has 0 unspecified atom stereocenters. The lowest BCUT2D eigenvalue weighted by Gasteiger charge is -2.57. The van der Waals surface area contributed by atoms with E-state index in [0.29, 0.717) is 0 Å². The summed E-state index contributed by atoms with van der Waals surface area (Å²) in [7, 11) is 0. The molecule has 0 aromatic heterocycles. The fraction of sp³-hybridized carbons (Fsp3) is 0.700. The van der Waals surface area contributed by atoms with Gasteiger partial charge in [-0.05, 0) is 78.7 Å². The van der Waals surface area contributed by atoms with Gasteiger partial charge in [0.1, 0.15) is 0 Å².